The van der Waals surface area contributed by atoms with Gasteiger partial charge in [0.25, 0.3) is 0 Å². The number of amides is 3. The van der Waals surface area contributed by atoms with Crippen LogP contribution in [0.1, 0.15) is 40.0 Å². The number of carbonyl (C=O) groups excluding carboxylic acids is 2. The lowest BCUT2D eigenvalue weighted by Crippen LogP contribution is -2.50. The fourth-order valence-corrected chi connectivity index (χ4v) is 2.23. The second-order valence-electron chi connectivity index (χ2n) is 6.39. The Kier molecular flexibility index (Phi) is 3.50. The molecule has 5 heteroatoms. The Bertz CT molecular complexity index is 345. The standard InChI is InChI=1S/C13H23N3O2/c1-13(2,3)15-12(18)14-10-6-7-16(8-10)11(17)9-4-5-9/h9-10H,4-8H2,1-3H3,(H2,14,15,18)/t10-/m1/s1. The predicted octanol–water partition coefficient (Wildman–Crippen LogP) is 1.09. The number of hydrogen-bond donors (Lipinski definition) is 2. The number of likely N-dealkylation sites (tertiary alicyclic amines) is 1. The molecule has 2 N–H and O–H groups in total. The summed E-state index contributed by atoms with van der Waals surface area (Å²) >= 11 is 0. The first-order chi connectivity index (χ1) is 8.35. The van der Waals surface area contributed by atoms with Crippen LogP contribution in [0, 0.1) is 5.92 Å². The summed E-state index contributed by atoms with van der Waals surface area (Å²) in [6, 6.07) is -0.0525. The summed E-state index contributed by atoms with van der Waals surface area (Å²) in [4.78, 5) is 25.5. The maximum Gasteiger partial charge on any atom is 0.315 e. The number of carbonyl (C=O) groups is 2. The summed E-state index contributed by atoms with van der Waals surface area (Å²) in [7, 11) is 0. The maximum absolute atomic E-state index is 11.9. The molecule has 3 amide bonds. The summed E-state index contributed by atoms with van der Waals surface area (Å²) in [6.45, 7) is 7.28. The first kappa shape index (κ1) is 13.2. The molecule has 0 spiro atoms. The zero-order chi connectivity index (χ0) is 13.3. The van der Waals surface area contributed by atoms with E-state index in [2.05, 4.69) is 10.6 Å². The van der Waals surface area contributed by atoms with Gasteiger partial charge < -0.3 is 15.5 Å². The Hall–Kier alpha value is -1.26. The third-order valence-corrected chi connectivity index (χ3v) is 3.25. The van der Waals surface area contributed by atoms with Gasteiger partial charge >= 0.3 is 6.03 Å². The van der Waals surface area contributed by atoms with Gasteiger partial charge in [0, 0.05) is 30.6 Å². The molecule has 18 heavy (non-hydrogen) atoms. The molecule has 0 aromatic rings. The molecule has 1 saturated carbocycles. The number of nitrogens with zero attached hydrogens (tertiary/aromatic N) is 1. The third kappa shape index (κ3) is 3.62. The molecule has 2 fully saturated rings. The van der Waals surface area contributed by atoms with Crippen molar-refractivity contribution in [1.29, 1.82) is 0 Å². The largest absolute Gasteiger partial charge is 0.340 e. The topological polar surface area (TPSA) is 61.4 Å². The van der Waals surface area contributed by atoms with E-state index in [9.17, 15) is 9.59 Å². The lowest BCUT2D eigenvalue weighted by molar-refractivity contribution is -0.131. The van der Waals surface area contributed by atoms with Crippen molar-refractivity contribution in [3.05, 3.63) is 0 Å². The van der Waals surface area contributed by atoms with E-state index in [1.54, 1.807) is 0 Å². The number of nitrogens with one attached hydrogen (secondary N) is 2. The second-order valence-corrected chi connectivity index (χ2v) is 6.39. The SMILES string of the molecule is CC(C)(C)NC(=O)N[C@@H]1CCN(C(=O)C2CC2)C1. The molecular formula is C13H23N3O2. The quantitative estimate of drug-likeness (QED) is 0.774. The number of rotatable bonds is 2. The van der Waals surface area contributed by atoms with Gasteiger partial charge in [-0.1, -0.05) is 0 Å². The van der Waals surface area contributed by atoms with E-state index in [-0.39, 0.29) is 29.4 Å². The highest BCUT2D eigenvalue weighted by atomic mass is 16.2. The molecule has 1 aliphatic carbocycles. The van der Waals surface area contributed by atoms with Crippen LogP contribution < -0.4 is 10.6 Å². The van der Waals surface area contributed by atoms with Crippen molar-refractivity contribution in [1.82, 2.24) is 15.5 Å². The molecule has 0 aromatic carbocycles. The molecule has 1 aliphatic heterocycles. The molecule has 102 valence electrons. The Morgan fingerprint density at radius 3 is 2.39 bits per heavy atom. The van der Waals surface area contributed by atoms with Crippen molar-refractivity contribution in [2.45, 2.75) is 51.6 Å². The Balaban J connectivity index is 1.75. The zero-order valence-corrected chi connectivity index (χ0v) is 11.5. The van der Waals surface area contributed by atoms with Crippen molar-refractivity contribution in [3.63, 3.8) is 0 Å². The van der Waals surface area contributed by atoms with Gasteiger partial charge in [-0.25, -0.2) is 4.79 Å². The van der Waals surface area contributed by atoms with Crippen LogP contribution in [0.5, 0.6) is 0 Å². The minimum absolute atomic E-state index is 0.0926. The maximum atomic E-state index is 11.9. The first-order valence-corrected chi connectivity index (χ1v) is 6.72. The molecule has 0 bridgehead atoms. The lowest BCUT2D eigenvalue weighted by Gasteiger charge is -2.23. The van der Waals surface area contributed by atoms with Gasteiger partial charge in [-0.2, -0.15) is 0 Å². The Morgan fingerprint density at radius 2 is 1.83 bits per heavy atom. The van der Waals surface area contributed by atoms with Crippen molar-refractivity contribution in [3.8, 4) is 0 Å². The van der Waals surface area contributed by atoms with Crippen LogP contribution in [0.3, 0.4) is 0 Å². The smallest absolute Gasteiger partial charge is 0.315 e. The van der Waals surface area contributed by atoms with Gasteiger partial charge in [-0.15, -0.1) is 0 Å². The van der Waals surface area contributed by atoms with Crippen molar-refractivity contribution < 1.29 is 9.59 Å². The van der Waals surface area contributed by atoms with E-state index < -0.39 is 0 Å². The van der Waals surface area contributed by atoms with E-state index in [0.29, 0.717) is 6.54 Å². The number of urea groups is 1. The molecule has 1 heterocycles. The average molecular weight is 253 g/mol. The highest BCUT2D eigenvalue weighted by molar-refractivity contribution is 5.81. The molecule has 5 nitrogen and oxygen atoms in total. The normalized spacial score (nSPS) is 23.9. The van der Waals surface area contributed by atoms with Crippen LogP contribution in [0.15, 0.2) is 0 Å². The third-order valence-electron chi connectivity index (χ3n) is 3.25. The summed E-state index contributed by atoms with van der Waals surface area (Å²) in [6.07, 6.45) is 2.94. The van der Waals surface area contributed by atoms with Gasteiger partial charge in [0.1, 0.15) is 0 Å². The van der Waals surface area contributed by atoms with E-state index in [1.807, 2.05) is 25.7 Å². The van der Waals surface area contributed by atoms with Crippen molar-refractivity contribution >= 4 is 11.9 Å². The average Bonchev–Trinajstić information content (AvgIpc) is 2.96. The monoisotopic (exact) mass is 253 g/mol. The van der Waals surface area contributed by atoms with E-state index in [1.165, 1.54) is 0 Å². The highest BCUT2D eigenvalue weighted by Crippen LogP contribution is 2.32. The minimum atomic E-state index is -0.230. The highest BCUT2D eigenvalue weighted by Gasteiger charge is 2.36. The fourth-order valence-electron chi connectivity index (χ4n) is 2.23. The van der Waals surface area contributed by atoms with E-state index in [0.717, 1.165) is 25.8 Å². The van der Waals surface area contributed by atoms with Gasteiger partial charge in [0.2, 0.25) is 5.91 Å². The molecule has 1 saturated heterocycles. The van der Waals surface area contributed by atoms with Gasteiger partial charge in [0.05, 0.1) is 0 Å². The molecule has 0 unspecified atom stereocenters. The Labute approximate surface area is 108 Å². The zero-order valence-electron chi connectivity index (χ0n) is 11.5. The first-order valence-electron chi connectivity index (χ1n) is 6.72. The van der Waals surface area contributed by atoms with Crippen LogP contribution in [0.4, 0.5) is 4.79 Å². The molecule has 0 radical (unpaired) electrons. The summed E-state index contributed by atoms with van der Waals surface area (Å²) in [5, 5.41) is 5.81. The summed E-state index contributed by atoms with van der Waals surface area (Å²) in [5.41, 5.74) is -0.230. The van der Waals surface area contributed by atoms with Crippen molar-refractivity contribution in [2.75, 3.05) is 13.1 Å². The lowest BCUT2D eigenvalue weighted by atomic mass is 10.1. The summed E-state index contributed by atoms with van der Waals surface area (Å²) in [5.74, 6) is 0.544. The molecule has 1 atom stereocenters. The molecule has 2 rings (SSSR count). The van der Waals surface area contributed by atoms with E-state index in [4.69, 9.17) is 0 Å². The van der Waals surface area contributed by atoms with Gasteiger partial charge in [0.15, 0.2) is 0 Å². The van der Waals surface area contributed by atoms with Crippen LogP contribution in [0.2, 0.25) is 0 Å². The fraction of sp³-hybridized carbons (Fsp3) is 0.846. The van der Waals surface area contributed by atoms with Crippen LogP contribution in [-0.2, 0) is 4.79 Å². The molecule has 0 aromatic heterocycles. The molecular weight excluding hydrogens is 230 g/mol. The van der Waals surface area contributed by atoms with Gasteiger partial charge in [-0.05, 0) is 40.0 Å². The second kappa shape index (κ2) is 4.78. The van der Waals surface area contributed by atoms with Gasteiger partial charge in [-0.3, -0.25) is 4.79 Å². The summed E-state index contributed by atoms with van der Waals surface area (Å²) < 4.78 is 0. The van der Waals surface area contributed by atoms with Crippen LogP contribution in [-0.4, -0.2) is 41.5 Å². The molecule has 2 aliphatic rings. The van der Waals surface area contributed by atoms with E-state index >= 15 is 0 Å². The van der Waals surface area contributed by atoms with Crippen molar-refractivity contribution in [2.24, 2.45) is 5.92 Å². The Morgan fingerprint density at radius 1 is 1.17 bits per heavy atom. The predicted molar refractivity (Wildman–Crippen MR) is 69.1 cm³/mol. The van der Waals surface area contributed by atoms with Crippen LogP contribution >= 0.6 is 0 Å². The number of hydrogen-bond acceptors (Lipinski definition) is 2. The minimum Gasteiger partial charge on any atom is -0.340 e. The van der Waals surface area contributed by atoms with Crippen LogP contribution in [0.25, 0.3) is 0 Å².